The molecule has 1 aromatic carbocycles. The summed E-state index contributed by atoms with van der Waals surface area (Å²) in [5.41, 5.74) is 9.05. The first-order valence-corrected chi connectivity index (χ1v) is 4.94. The van der Waals surface area contributed by atoms with E-state index in [2.05, 4.69) is 4.98 Å². The number of hydrogen-bond donors (Lipinski definition) is 2. The van der Waals surface area contributed by atoms with Crippen LogP contribution in [0.15, 0.2) is 24.3 Å². The molecule has 0 saturated carbocycles. The number of fused-ring (bicyclic) bond motifs is 1. The second-order valence-electron chi connectivity index (χ2n) is 3.72. The first kappa shape index (κ1) is 9.93. The van der Waals surface area contributed by atoms with Crippen LogP contribution in [0.1, 0.15) is 24.3 Å². The Bertz CT molecular complexity index is 506. The van der Waals surface area contributed by atoms with Crippen molar-refractivity contribution in [3.05, 3.63) is 35.5 Å². The number of pyridine rings is 1. The summed E-state index contributed by atoms with van der Waals surface area (Å²) >= 11 is 0. The second kappa shape index (κ2) is 3.51. The number of hydrogen-bond acceptors (Lipinski definition) is 3. The van der Waals surface area contributed by atoms with Crippen molar-refractivity contribution in [2.24, 2.45) is 0 Å². The number of rotatable bonds is 1. The van der Waals surface area contributed by atoms with Crippen LogP contribution in [0.2, 0.25) is 0 Å². The van der Waals surface area contributed by atoms with Crippen LogP contribution in [0.5, 0.6) is 0 Å². The van der Waals surface area contributed by atoms with Crippen LogP contribution in [0.4, 0.5) is 5.69 Å². The summed E-state index contributed by atoms with van der Waals surface area (Å²) in [6.07, 6.45) is -0.581. The number of benzene rings is 1. The molecule has 2 aromatic rings. The van der Waals surface area contributed by atoms with E-state index in [1.165, 1.54) is 0 Å². The van der Waals surface area contributed by atoms with E-state index in [1.54, 1.807) is 6.92 Å². The van der Waals surface area contributed by atoms with E-state index in [0.717, 1.165) is 22.2 Å². The van der Waals surface area contributed by atoms with Crippen molar-refractivity contribution in [2.45, 2.75) is 20.0 Å². The van der Waals surface area contributed by atoms with Gasteiger partial charge in [-0.05, 0) is 19.9 Å². The Morgan fingerprint density at radius 1 is 1.33 bits per heavy atom. The van der Waals surface area contributed by atoms with Crippen molar-refractivity contribution in [3.8, 4) is 0 Å². The number of para-hydroxylation sites is 1. The van der Waals surface area contributed by atoms with E-state index < -0.39 is 6.10 Å². The van der Waals surface area contributed by atoms with Crippen LogP contribution in [-0.4, -0.2) is 10.1 Å². The molecular formula is C12H14N2O. The third-order valence-electron chi connectivity index (χ3n) is 2.58. The van der Waals surface area contributed by atoms with Crippen LogP contribution >= 0.6 is 0 Å². The number of aliphatic hydroxyl groups excluding tert-OH is 1. The van der Waals surface area contributed by atoms with Gasteiger partial charge in [0.15, 0.2) is 0 Å². The molecule has 0 radical (unpaired) electrons. The summed E-state index contributed by atoms with van der Waals surface area (Å²) < 4.78 is 0. The summed E-state index contributed by atoms with van der Waals surface area (Å²) in [4.78, 5) is 4.42. The number of aryl methyl sites for hydroxylation is 1. The number of nitrogens with zero attached hydrogens (tertiary/aromatic N) is 1. The predicted octanol–water partition coefficient (Wildman–Crippen LogP) is 2.18. The zero-order chi connectivity index (χ0) is 11.0. The lowest BCUT2D eigenvalue weighted by Crippen LogP contribution is -2.04. The van der Waals surface area contributed by atoms with Crippen LogP contribution in [0.3, 0.4) is 0 Å². The van der Waals surface area contributed by atoms with Gasteiger partial charge in [-0.2, -0.15) is 0 Å². The van der Waals surface area contributed by atoms with Gasteiger partial charge < -0.3 is 10.8 Å². The van der Waals surface area contributed by atoms with Crippen molar-refractivity contribution in [2.75, 3.05) is 5.73 Å². The zero-order valence-corrected chi connectivity index (χ0v) is 8.86. The van der Waals surface area contributed by atoms with Crippen molar-refractivity contribution in [1.82, 2.24) is 4.98 Å². The van der Waals surface area contributed by atoms with Crippen molar-refractivity contribution in [3.63, 3.8) is 0 Å². The quantitative estimate of drug-likeness (QED) is 0.745. The Hall–Kier alpha value is -1.61. The molecule has 2 rings (SSSR count). The fraction of sp³-hybridized carbons (Fsp3) is 0.250. The predicted molar refractivity (Wildman–Crippen MR) is 61.5 cm³/mol. The summed E-state index contributed by atoms with van der Waals surface area (Å²) in [5, 5.41) is 10.5. The second-order valence-corrected chi connectivity index (χ2v) is 3.72. The van der Waals surface area contributed by atoms with Crippen molar-refractivity contribution < 1.29 is 5.11 Å². The number of aliphatic hydroxyl groups is 1. The Kier molecular flexibility index (Phi) is 2.32. The molecule has 3 nitrogen and oxygen atoms in total. The number of nitrogens with two attached hydrogens (primary N) is 1. The highest BCUT2D eigenvalue weighted by atomic mass is 16.3. The maximum atomic E-state index is 9.62. The highest BCUT2D eigenvalue weighted by Crippen LogP contribution is 2.29. The molecule has 1 aromatic heterocycles. The van der Waals surface area contributed by atoms with Gasteiger partial charge >= 0.3 is 0 Å². The lowest BCUT2D eigenvalue weighted by atomic mass is 10.0. The number of aromatic nitrogens is 1. The lowest BCUT2D eigenvalue weighted by molar-refractivity contribution is 0.199. The Balaban J connectivity index is 2.84. The Morgan fingerprint density at radius 2 is 2.00 bits per heavy atom. The van der Waals surface area contributed by atoms with Gasteiger partial charge in [0.25, 0.3) is 0 Å². The molecule has 3 heteroatoms. The average molecular weight is 202 g/mol. The first-order valence-electron chi connectivity index (χ1n) is 4.94. The fourth-order valence-corrected chi connectivity index (χ4v) is 1.91. The Morgan fingerprint density at radius 3 is 2.67 bits per heavy atom. The molecule has 3 N–H and O–H groups in total. The lowest BCUT2D eigenvalue weighted by Gasteiger charge is -2.13. The van der Waals surface area contributed by atoms with E-state index in [9.17, 15) is 5.11 Å². The maximum Gasteiger partial charge on any atom is 0.0799 e. The Labute approximate surface area is 88.6 Å². The molecular weight excluding hydrogens is 188 g/mol. The number of anilines is 1. The molecule has 1 atom stereocenters. The summed E-state index contributed by atoms with van der Waals surface area (Å²) in [7, 11) is 0. The summed E-state index contributed by atoms with van der Waals surface area (Å²) in [6.45, 7) is 3.57. The minimum absolute atomic E-state index is 0.581. The fourth-order valence-electron chi connectivity index (χ4n) is 1.91. The van der Waals surface area contributed by atoms with Gasteiger partial charge in [0.2, 0.25) is 0 Å². The molecule has 15 heavy (non-hydrogen) atoms. The summed E-state index contributed by atoms with van der Waals surface area (Å²) in [6, 6.07) is 7.69. The minimum atomic E-state index is -0.581. The highest BCUT2D eigenvalue weighted by molar-refractivity contribution is 5.92. The molecule has 78 valence electrons. The van der Waals surface area contributed by atoms with Gasteiger partial charge in [0.05, 0.1) is 11.6 Å². The van der Waals surface area contributed by atoms with Crippen LogP contribution in [0, 0.1) is 6.92 Å². The molecule has 0 saturated heterocycles. The standard InChI is InChI=1S/C12H14N2O/c1-7-11(8(2)15)12(13)9-5-3-4-6-10(9)14-7/h3-6,8,15H,1-2H3,(H2,13,14). The van der Waals surface area contributed by atoms with Gasteiger partial charge in [0.1, 0.15) is 0 Å². The third-order valence-corrected chi connectivity index (χ3v) is 2.58. The third kappa shape index (κ3) is 1.55. The molecule has 0 aliphatic rings. The monoisotopic (exact) mass is 202 g/mol. The zero-order valence-electron chi connectivity index (χ0n) is 8.86. The summed E-state index contributed by atoms with van der Waals surface area (Å²) in [5.74, 6) is 0. The van der Waals surface area contributed by atoms with E-state index >= 15 is 0 Å². The van der Waals surface area contributed by atoms with Gasteiger partial charge in [-0.1, -0.05) is 18.2 Å². The first-order chi connectivity index (χ1) is 7.11. The maximum absolute atomic E-state index is 9.62. The molecule has 1 heterocycles. The van der Waals surface area contributed by atoms with Crippen molar-refractivity contribution >= 4 is 16.6 Å². The van der Waals surface area contributed by atoms with Gasteiger partial charge in [-0.3, -0.25) is 4.98 Å². The number of nitrogen functional groups attached to an aromatic ring is 1. The molecule has 1 unspecified atom stereocenters. The van der Waals surface area contributed by atoms with Gasteiger partial charge in [-0.15, -0.1) is 0 Å². The molecule has 0 aliphatic carbocycles. The molecule has 0 fully saturated rings. The van der Waals surface area contributed by atoms with Gasteiger partial charge in [0, 0.05) is 22.3 Å². The van der Waals surface area contributed by atoms with E-state index in [4.69, 9.17) is 5.73 Å². The van der Waals surface area contributed by atoms with Gasteiger partial charge in [-0.25, -0.2) is 0 Å². The topological polar surface area (TPSA) is 59.1 Å². The molecule has 0 aliphatic heterocycles. The SMILES string of the molecule is Cc1nc2ccccc2c(N)c1C(C)O. The molecule has 0 bridgehead atoms. The molecule has 0 amide bonds. The van der Waals surface area contributed by atoms with E-state index in [-0.39, 0.29) is 0 Å². The van der Waals surface area contributed by atoms with Crippen LogP contribution in [-0.2, 0) is 0 Å². The van der Waals surface area contributed by atoms with E-state index in [0.29, 0.717) is 5.69 Å². The van der Waals surface area contributed by atoms with Crippen molar-refractivity contribution in [1.29, 1.82) is 0 Å². The average Bonchev–Trinajstić information content (AvgIpc) is 2.17. The molecule has 0 spiro atoms. The van der Waals surface area contributed by atoms with Crippen LogP contribution in [0.25, 0.3) is 10.9 Å². The minimum Gasteiger partial charge on any atom is -0.398 e. The largest absolute Gasteiger partial charge is 0.398 e. The smallest absolute Gasteiger partial charge is 0.0799 e. The normalized spacial score (nSPS) is 13.0. The highest BCUT2D eigenvalue weighted by Gasteiger charge is 2.13. The van der Waals surface area contributed by atoms with Crippen LogP contribution < -0.4 is 5.73 Å². The van der Waals surface area contributed by atoms with E-state index in [1.807, 2.05) is 31.2 Å².